The normalized spacial score (nSPS) is 27.8. The van der Waals surface area contributed by atoms with Crippen LogP contribution >= 0.6 is 0 Å². The molecule has 1 aromatic rings. The third-order valence-electron chi connectivity index (χ3n) is 7.23. The van der Waals surface area contributed by atoms with Crippen LogP contribution in [0, 0.1) is 24.2 Å². The zero-order valence-corrected chi connectivity index (χ0v) is 16.2. The Labute approximate surface area is 155 Å². The predicted molar refractivity (Wildman–Crippen MR) is 109 cm³/mol. The molecule has 0 atom stereocenters. The van der Waals surface area contributed by atoms with Gasteiger partial charge < -0.3 is 0 Å². The number of hydrogen-bond donors (Lipinski definition) is 0. The van der Waals surface area contributed by atoms with Crippen molar-refractivity contribution in [2.75, 3.05) is 0 Å². The Hall–Kier alpha value is -1.22. The third kappa shape index (κ3) is 4.49. The van der Waals surface area contributed by atoms with E-state index in [0.29, 0.717) is 5.41 Å². The summed E-state index contributed by atoms with van der Waals surface area (Å²) in [5.41, 5.74) is 3.00. The lowest BCUT2D eigenvalue weighted by Gasteiger charge is -2.44. The van der Waals surface area contributed by atoms with Gasteiger partial charge in [0.05, 0.1) is 0 Å². The van der Waals surface area contributed by atoms with Crippen LogP contribution in [0.1, 0.15) is 102 Å². The number of benzene rings is 1. The largest absolute Gasteiger partial charge is 0.115 e. The Balaban J connectivity index is 1.70. The molecule has 0 heterocycles. The van der Waals surface area contributed by atoms with Crippen molar-refractivity contribution in [3.63, 3.8) is 0 Å². The van der Waals surface area contributed by atoms with Crippen LogP contribution in [0.4, 0.5) is 0 Å². The first-order valence-electron chi connectivity index (χ1n) is 10.8. The molecule has 0 saturated heterocycles. The Morgan fingerprint density at radius 1 is 0.920 bits per heavy atom. The molecule has 0 spiro atoms. The molecule has 0 aromatic heterocycles. The van der Waals surface area contributed by atoms with Crippen LogP contribution in [0.5, 0.6) is 0 Å². The van der Waals surface area contributed by atoms with Crippen LogP contribution in [0.15, 0.2) is 24.3 Å². The first-order chi connectivity index (χ1) is 12.3. The van der Waals surface area contributed by atoms with E-state index in [1.165, 1.54) is 83.5 Å². The van der Waals surface area contributed by atoms with E-state index in [2.05, 4.69) is 37.1 Å². The fraction of sp³-hybridized carbons (Fsp3) is 0.680. The van der Waals surface area contributed by atoms with Gasteiger partial charge in [0.2, 0.25) is 0 Å². The van der Waals surface area contributed by atoms with Gasteiger partial charge in [-0.3, -0.25) is 0 Å². The van der Waals surface area contributed by atoms with Crippen molar-refractivity contribution < 1.29 is 0 Å². The zero-order chi connectivity index (χ0) is 17.5. The van der Waals surface area contributed by atoms with Crippen molar-refractivity contribution in [1.82, 2.24) is 0 Å². The number of terminal acetylenes is 1. The highest BCUT2D eigenvalue weighted by molar-refractivity contribution is 5.37. The van der Waals surface area contributed by atoms with Crippen molar-refractivity contribution in [3.05, 3.63) is 35.4 Å². The summed E-state index contributed by atoms with van der Waals surface area (Å²) in [6.45, 7) is 2.31. The molecular formula is C25H36. The van der Waals surface area contributed by atoms with Gasteiger partial charge in [0.15, 0.2) is 0 Å². The van der Waals surface area contributed by atoms with Gasteiger partial charge in [-0.05, 0) is 67.1 Å². The third-order valence-corrected chi connectivity index (χ3v) is 7.23. The molecule has 0 bridgehead atoms. The number of unbranched alkanes of at least 4 members (excludes halogenated alkanes) is 2. The molecular weight excluding hydrogens is 300 g/mol. The molecule has 2 aliphatic rings. The van der Waals surface area contributed by atoms with Gasteiger partial charge in [-0.25, -0.2) is 0 Å². The van der Waals surface area contributed by atoms with Crippen molar-refractivity contribution in [2.24, 2.45) is 11.8 Å². The number of hydrogen-bond acceptors (Lipinski definition) is 0. The SMILES string of the molecule is C#Cc1ccc(C2(CCCCC)CCC(C3CCCCC3)CC2)cc1. The maximum absolute atomic E-state index is 5.56. The quantitative estimate of drug-likeness (QED) is 0.379. The van der Waals surface area contributed by atoms with Gasteiger partial charge in [0, 0.05) is 5.56 Å². The highest BCUT2D eigenvalue weighted by atomic mass is 14.4. The van der Waals surface area contributed by atoms with Gasteiger partial charge in [0.1, 0.15) is 0 Å². The summed E-state index contributed by atoms with van der Waals surface area (Å²) < 4.78 is 0. The minimum Gasteiger partial charge on any atom is -0.115 e. The summed E-state index contributed by atoms with van der Waals surface area (Å²) in [6.07, 6.45) is 24.1. The summed E-state index contributed by atoms with van der Waals surface area (Å²) >= 11 is 0. The molecule has 25 heavy (non-hydrogen) atoms. The summed E-state index contributed by atoms with van der Waals surface area (Å²) in [5, 5.41) is 0. The number of rotatable bonds is 6. The summed E-state index contributed by atoms with van der Waals surface area (Å²) in [5.74, 6) is 4.81. The van der Waals surface area contributed by atoms with Gasteiger partial charge in [0.25, 0.3) is 0 Å². The standard InChI is InChI=1S/C25H36/c1-3-5-9-18-25(24-14-12-21(4-2)13-15-24)19-16-23(17-20-25)22-10-7-6-8-11-22/h2,12-15,22-23H,3,5-11,16-20H2,1H3. The molecule has 136 valence electrons. The molecule has 0 aliphatic heterocycles. The Kier molecular flexibility index (Phi) is 6.63. The Morgan fingerprint density at radius 2 is 1.56 bits per heavy atom. The van der Waals surface area contributed by atoms with E-state index in [1.807, 2.05) is 0 Å². The van der Waals surface area contributed by atoms with Gasteiger partial charge >= 0.3 is 0 Å². The van der Waals surface area contributed by atoms with Crippen LogP contribution in [0.3, 0.4) is 0 Å². The van der Waals surface area contributed by atoms with Gasteiger partial charge in [-0.2, -0.15) is 0 Å². The Morgan fingerprint density at radius 3 is 2.16 bits per heavy atom. The smallest absolute Gasteiger partial charge is 0.0242 e. The van der Waals surface area contributed by atoms with Gasteiger partial charge in [-0.1, -0.05) is 76.3 Å². The fourth-order valence-corrected chi connectivity index (χ4v) is 5.59. The summed E-state index contributed by atoms with van der Waals surface area (Å²) in [6, 6.07) is 8.98. The average Bonchev–Trinajstić information content (AvgIpc) is 2.69. The molecule has 2 fully saturated rings. The van der Waals surface area contributed by atoms with E-state index < -0.39 is 0 Å². The predicted octanol–water partition coefficient (Wildman–Crippen LogP) is 7.26. The lowest BCUT2D eigenvalue weighted by Crippen LogP contribution is -2.34. The second-order valence-corrected chi connectivity index (χ2v) is 8.69. The molecule has 0 N–H and O–H groups in total. The highest BCUT2D eigenvalue weighted by Gasteiger charge is 2.38. The molecule has 0 amide bonds. The van der Waals surface area contributed by atoms with E-state index in [1.54, 1.807) is 5.56 Å². The van der Waals surface area contributed by atoms with Crippen LogP contribution in [-0.4, -0.2) is 0 Å². The first-order valence-corrected chi connectivity index (χ1v) is 10.8. The summed E-state index contributed by atoms with van der Waals surface area (Å²) in [7, 11) is 0. The summed E-state index contributed by atoms with van der Waals surface area (Å²) in [4.78, 5) is 0. The maximum atomic E-state index is 5.56. The van der Waals surface area contributed by atoms with Crippen molar-refractivity contribution in [2.45, 2.75) is 95.8 Å². The van der Waals surface area contributed by atoms with Crippen LogP contribution < -0.4 is 0 Å². The Bertz CT molecular complexity index is 545. The molecule has 2 saturated carbocycles. The van der Waals surface area contributed by atoms with Crippen LogP contribution in [0.25, 0.3) is 0 Å². The van der Waals surface area contributed by atoms with E-state index in [9.17, 15) is 0 Å². The first kappa shape index (κ1) is 18.6. The zero-order valence-electron chi connectivity index (χ0n) is 16.2. The maximum Gasteiger partial charge on any atom is 0.0242 e. The minimum absolute atomic E-state index is 0.424. The van der Waals surface area contributed by atoms with Crippen molar-refractivity contribution >= 4 is 0 Å². The topological polar surface area (TPSA) is 0 Å². The molecule has 3 rings (SSSR count). The second-order valence-electron chi connectivity index (χ2n) is 8.69. The van der Waals surface area contributed by atoms with Crippen LogP contribution in [-0.2, 0) is 5.41 Å². The molecule has 2 aliphatic carbocycles. The minimum atomic E-state index is 0.424. The van der Waals surface area contributed by atoms with Crippen LogP contribution in [0.2, 0.25) is 0 Å². The average molecular weight is 337 g/mol. The van der Waals surface area contributed by atoms with Crippen molar-refractivity contribution in [1.29, 1.82) is 0 Å². The monoisotopic (exact) mass is 336 g/mol. The molecule has 0 radical (unpaired) electrons. The highest BCUT2D eigenvalue weighted by Crippen LogP contribution is 2.48. The van der Waals surface area contributed by atoms with Gasteiger partial charge in [-0.15, -0.1) is 6.42 Å². The van der Waals surface area contributed by atoms with E-state index >= 15 is 0 Å². The fourth-order valence-electron chi connectivity index (χ4n) is 5.59. The van der Waals surface area contributed by atoms with E-state index in [0.717, 1.165) is 17.4 Å². The van der Waals surface area contributed by atoms with E-state index in [-0.39, 0.29) is 0 Å². The lowest BCUT2D eigenvalue weighted by molar-refractivity contribution is 0.141. The molecule has 0 heteroatoms. The molecule has 0 unspecified atom stereocenters. The van der Waals surface area contributed by atoms with E-state index in [4.69, 9.17) is 6.42 Å². The lowest BCUT2D eigenvalue weighted by atomic mass is 9.61. The second kappa shape index (κ2) is 8.93. The molecule has 1 aromatic carbocycles. The molecule has 0 nitrogen and oxygen atoms in total. The van der Waals surface area contributed by atoms with Crippen molar-refractivity contribution in [3.8, 4) is 12.3 Å².